The maximum atomic E-state index is 5.55. The number of rotatable bonds is 2. The fraction of sp³-hybridized carbons (Fsp3) is 0.500. The monoisotopic (exact) mass is 269 g/mol. The number of hydrogen-bond acceptors (Lipinski definition) is 2. The van der Waals surface area contributed by atoms with Crippen molar-refractivity contribution in [3.8, 4) is 0 Å². The van der Waals surface area contributed by atoms with Crippen molar-refractivity contribution in [3.05, 3.63) is 34.3 Å². The molecule has 2 atom stereocenters. The van der Waals surface area contributed by atoms with Gasteiger partial charge in [0.1, 0.15) is 0 Å². The minimum absolute atomic E-state index is 0.338. The van der Waals surface area contributed by atoms with Gasteiger partial charge in [-0.05, 0) is 24.6 Å². The summed E-state index contributed by atoms with van der Waals surface area (Å²) in [7, 11) is 1.81. The molecule has 0 amide bonds. The molecule has 15 heavy (non-hydrogen) atoms. The van der Waals surface area contributed by atoms with Crippen LogP contribution < -0.4 is 5.32 Å². The zero-order valence-electron chi connectivity index (χ0n) is 8.87. The quantitative estimate of drug-likeness (QED) is 0.891. The molecular weight excluding hydrogens is 254 g/mol. The summed E-state index contributed by atoms with van der Waals surface area (Å²) in [5.41, 5.74) is 1.34. The molecule has 1 saturated heterocycles. The van der Waals surface area contributed by atoms with Crippen molar-refractivity contribution in [2.75, 3.05) is 20.2 Å². The summed E-state index contributed by atoms with van der Waals surface area (Å²) in [6.45, 7) is 2.06. The second kappa shape index (κ2) is 5.10. The van der Waals surface area contributed by atoms with Crippen LogP contribution in [0.5, 0.6) is 0 Å². The summed E-state index contributed by atoms with van der Waals surface area (Å²) in [4.78, 5) is 0. The summed E-state index contributed by atoms with van der Waals surface area (Å²) in [5.74, 6) is 0.458. The van der Waals surface area contributed by atoms with Crippen LogP contribution in [0.3, 0.4) is 0 Å². The molecule has 2 nitrogen and oxygen atoms in total. The molecule has 1 heterocycles. The van der Waals surface area contributed by atoms with E-state index in [1.165, 1.54) is 10.0 Å². The van der Waals surface area contributed by atoms with Gasteiger partial charge in [0.15, 0.2) is 0 Å². The van der Waals surface area contributed by atoms with Gasteiger partial charge in [0.05, 0.1) is 6.10 Å². The van der Waals surface area contributed by atoms with Gasteiger partial charge < -0.3 is 10.1 Å². The highest BCUT2D eigenvalue weighted by molar-refractivity contribution is 9.10. The number of benzene rings is 1. The smallest absolute Gasteiger partial charge is 0.0664 e. The average Bonchev–Trinajstić information content (AvgIpc) is 2.30. The van der Waals surface area contributed by atoms with E-state index in [1.807, 2.05) is 6.07 Å². The number of ether oxygens (including phenoxy) is 1. The van der Waals surface area contributed by atoms with Gasteiger partial charge in [0.2, 0.25) is 0 Å². The fourth-order valence-corrected chi connectivity index (χ4v) is 2.78. The lowest BCUT2D eigenvalue weighted by molar-refractivity contribution is 0.0584. The topological polar surface area (TPSA) is 21.3 Å². The zero-order chi connectivity index (χ0) is 10.7. The van der Waals surface area contributed by atoms with Crippen molar-refractivity contribution in [1.82, 2.24) is 5.32 Å². The number of nitrogens with one attached hydrogen (secondary N) is 1. The Morgan fingerprint density at radius 3 is 2.93 bits per heavy atom. The van der Waals surface area contributed by atoms with Crippen molar-refractivity contribution < 1.29 is 4.74 Å². The van der Waals surface area contributed by atoms with Crippen molar-refractivity contribution in [2.24, 2.45) is 0 Å². The molecular formula is C12H16BrNO. The summed E-state index contributed by atoms with van der Waals surface area (Å²) < 4.78 is 6.73. The molecule has 3 heteroatoms. The van der Waals surface area contributed by atoms with Gasteiger partial charge in [-0.1, -0.05) is 34.1 Å². The van der Waals surface area contributed by atoms with Gasteiger partial charge in [0.25, 0.3) is 0 Å². The van der Waals surface area contributed by atoms with Crippen LogP contribution in [0.4, 0.5) is 0 Å². The second-order valence-corrected chi connectivity index (χ2v) is 4.75. The Balaban J connectivity index is 2.24. The Bertz CT molecular complexity index is 329. The minimum atomic E-state index is 0.338. The van der Waals surface area contributed by atoms with Crippen LogP contribution in [0.2, 0.25) is 0 Å². The third kappa shape index (κ3) is 2.41. The number of halogens is 1. The molecule has 0 saturated carbocycles. The third-order valence-electron chi connectivity index (χ3n) is 3.03. The van der Waals surface area contributed by atoms with Crippen LogP contribution in [0.15, 0.2) is 28.7 Å². The number of hydrogen-bond donors (Lipinski definition) is 1. The molecule has 0 radical (unpaired) electrons. The van der Waals surface area contributed by atoms with E-state index < -0.39 is 0 Å². The first-order valence-corrected chi connectivity index (χ1v) is 6.10. The zero-order valence-corrected chi connectivity index (χ0v) is 10.5. The van der Waals surface area contributed by atoms with Gasteiger partial charge in [0, 0.05) is 24.0 Å². The lowest BCUT2D eigenvalue weighted by Crippen LogP contribution is -2.39. The van der Waals surface area contributed by atoms with Crippen LogP contribution in [0.1, 0.15) is 17.9 Å². The lowest BCUT2D eigenvalue weighted by atomic mass is 9.89. The van der Waals surface area contributed by atoms with E-state index in [9.17, 15) is 0 Å². The number of piperidine rings is 1. The van der Waals surface area contributed by atoms with Crippen molar-refractivity contribution >= 4 is 15.9 Å². The summed E-state index contributed by atoms with van der Waals surface area (Å²) in [5, 5.41) is 3.42. The van der Waals surface area contributed by atoms with Crippen LogP contribution >= 0.6 is 15.9 Å². The second-order valence-electron chi connectivity index (χ2n) is 3.89. The van der Waals surface area contributed by atoms with E-state index in [2.05, 4.69) is 39.4 Å². The summed E-state index contributed by atoms with van der Waals surface area (Å²) >= 11 is 3.61. The van der Waals surface area contributed by atoms with Crippen molar-refractivity contribution in [1.29, 1.82) is 0 Å². The van der Waals surface area contributed by atoms with Crippen LogP contribution in [-0.2, 0) is 4.74 Å². The maximum Gasteiger partial charge on any atom is 0.0664 e. The molecule has 1 aromatic carbocycles. The molecule has 0 aliphatic carbocycles. The van der Waals surface area contributed by atoms with Crippen molar-refractivity contribution in [2.45, 2.75) is 18.4 Å². The van der Waals surface area contributed by atoms with Gasteiger partial charge in [-0.2, -0.15) is 0 Å². The van der Waals surface area contributed by atoms with Crippen LogP contribution in [0, 0.1) is 0 Å². The molecule has 0 bridgehead atoms. The summed E-state index contributed by atoms with van der Waals surface area (Å²) in [6, 6.07) is 8.40. The van der Waals surface area contributed by atoms with E-state index in [4.69, 9.17) is 4.74 Å². The maximum absolute atomic E-state index is 5.55. The molecule has 1 N–H and O–H groups in total. The van der Waals surface area contributed by atoms with Gasteiger partial charge in [-0.25, -0.2) is 0 Å². The normalized spacial score (nSPS) is 26.5. The Labute approximate surface area is 99.1 Å². The van der Waals surface area contributed by atoms with E-state index in [-0.39, 0.29) is 0 Å². The first-order chi connectivity index (χ1) is 7.33. The molecule has 0 aromatic heterocycles. The van der Waals surface area contributed by atoms with E-state index in [0.717, 1.165) is 19.5 Å². The molecule has 1 aliphatic heterocycles. The Morgan fingerprint density at radius 2 is 2.20 bits per heavy atom. The third-order valence-corrected chi connectivity index (χ3v) is 3.75. The van der Waals surface area contributed by atoms with Crippen LogP contribution in [0.25, 0.3) is 0 Å². The van der Waals surface area contributed by atoms with Gasteiger partial charge in [-0.15, -0.1) is 0 Å². The Hall–Kier alpha value is -0.380. The summed E-state index contributed by atoms with van der Waals surface area (Å²) in [6.07, 6.45) is 1.42. The predicted octanol–water partition coefficient (Wildman–Crippen LogP) is 2.54. The van der Waals surface area contributed by atoms with Gasteiger partial charge in [-0.3, -0.25) is 0 Å². The fourth-order valence-electron chi connectivity index (χ4n) is 2.20. The standard InChI is InChI=1S/C12H16BrNO/c1-15-12-6-7-14-8-10(12)9-4-2-3-5-11(9)13/h2-5,10,12,14H,6-8H2,1H3. The first-order valence-electron chi connectivity index (χ1n) is 5.31. The predicted molar refractivity (Wildman–Crippen MR) is 65.2 cm³/mol. The van der Waals surface area contributed by atoms with Crippen molar-refractivity contribution in [3.63, 3.8) is 0 Å². The highest BCUT2D eigenvalue weighted by atomic mass is 79.9. The Kier molecular flexibility index (Phi) is 3.78. The first kappa shape index (κ1) is 11.1. The highest BCUT2D eigenvalue weighted by Crippen LogP contribution is 2.30. The SMILES string of the molecule is COC1CCNCC1c1ccccc1Br. The van der Waals surface area contributed by atoms with E-state index in [1.54, 1.807) is 7.11 Å². The highest BCUT2D eigenvalue weighted by Gasteiger charge is 2.27. The molecule has 0 spiro atoms. The Morgan fingerprint density at radius 1 is 1.40 bits per heavy atom. The molecule has 82 valence electrons. The minimum Gasteiger partial charge on any atom is -0.381 e. The number of methoxy groups -OCH3 is 1. The average molecular weight is 270 g/mol. The van der Waals surface area contributed by atoms with E-state index >= 15 is 0 Å². The molecule has 1 aromatic rings. The molecule has 1 aliphatic rings. The van der Waals surface area contributed by atoms with E-state index in [0.29, 0.717) is 12.0 Å². The largest absolute Gasteiger partial charge is 0.381 e. The molecule has 2 unspecified atom stereocenters. The van der Waals surface area contributed by atoms with Crippen LogP contribution in [-0.4, -0.2) is 26.3 Å². The molecule has 2 rings (SSSR count). The lowest BCUT2D eigenvalue weighted by Gasteiger charge is -2.32. The van der Waals surface area contributed by atoms with Gasteiger partial charge >= 0.3 is 0 Å². The molecule has 1 fully saturated rings.